The summed E-state index contributed by atoms with van der Waals surface area (Å²) in [6, 6.07) is 0. The van der Waals surface area contributed by atoms with E-state index in [9.17, 15) is 4.79 Å². The van der Waals surface area contributed by atoms with Crippen molar-refractivity contribution in [3.63, 3.8) is 0 Å². The van der Waals surface area contributed by atoms with Crippen LogP contribution in [0.25, 0.3) is 0 Å². The number of anilines is 1. The molecule has 3 rings (SSSR count). The highest BCUT2D eigenvalue weighted by atomic mass is 32.1. The summed E-state index contributed by atoms with van der Waals surface area (Å²) in [6.07, 6.45) is 2.65. The van der Waals surface area contributed by atoms with Crippen molar-refractivity contribution in [1.29, 1.82) is 0 Å². The second-order valence-electron chi connectivity index (χ2n) is 6.17. The molecule has 2 aromatic heterocycles. The molecule has 0 saturated carbocycles. The van der Waals surface area contributed by atoms with Crippen molar-refractivity contribution in [3.05, 3.63) is 33.5 Å². The van der Waals surface area contributed by atoms with Gasteiger partial charge >= 0.3 is 0 Å². The van der Waals surface area contributed by atoms with Crippen molar-refractivity contribution in [1.82, 2.24) is 20.3 Å². The highest BCUT2D eigenvalue weighted by molar-refractivity contribution is 7.09. The molecule has 1 saturated heterocycles. The van der Waals surface area contributed by atoms with Crippen molar-refractivity contribution in [3.8, 4) is 0 Å². The summed E-state index contributed by atoms with van der Waals surface area (Å²) in [7, 11) is 0. The molecule has 23 heavy (non-hydrogen) atoms. The predicted molar refractivity (Wildman–Crippen MR) is 90.7 cm³/mol. The molecule has 1 aliphatic heterocycles. The van der Waals surface area contributed by atoms with Crippen LogP contribution in [0.1, 0.15) is 35.3 Å². The number of carbonyl (C=O) groups is 1. The average Bonchev–Trinajstić information content (AvgIpc) is 3.09. The molecule has 2 aromatic rings. The number of nitrogens with zero attached hydrogens (tertiary/aromatic N) is 4. The minimum absolute atomic E-state index is 0.0410. The Kier molecular flexibility index (Phi) is 4.06. The summed E-state index contributed by atoms with van der Waals surface area (Å²) >= 11 is 1.60. The second-order valence-corrected chi connectivity index (χ2v) is 7.03. The number of amides is 1. The maximum atomic E-state index is 11.7. The van der Waals surface area contributed by atoms with E-state index in [0.29, 0.717) is 12.5 Å². The van der Waals surface area contributed by atoms with Crippen LogP contribution >= 0.6 is 11.3 Å². The summed E-state index contributed by atoms with van der Waals surface area (Å²) in [6.45, 7) is 8.95. The van der Waals surface area contributed by atoms with Crippen molar-refractivity contribution in [2.24, 2.45) is 0 Å². The van der Waals surface area contributed by atoms with Crippen molar-refractivity contribution >= 4 is 23.2 Å². The molecule has 0 spiro atoms. The third kappa shape index (κ3) is 3.06. The Hall–Kier alpha value is -2.02. The maximum Gasteiger partial charge on any atom is 0.225 e. The molecule has 7 heteroatoms. The van der Waals surface area contributed by atoms with Gasteiger partial charge in [0.2, 0.25) is 11.9 Å². The largest absolute Gasteiger partial charge is 0.343 e. The molecule has 1 N–H and O–H groups in total. The molecule has 0 aromatic carbocycles. The van der Waals surface area contributed by atoms with Crippen molar-refractivity contribution in [2.45, 2.75) is 39.7 Å². The van der Waals surface area contributed by atoms with E-state index in [0.717, 1.165) is 34.9 Å². The lowest BCUT2D eigenvalue weighted by molar-refractivity contribution is -0.120. The Labute approximate surface area is 140 Å². The second kappa shape index (κ2) is 5.88. The summed E-state index contributed by atoms with van der Waals surface area (Å²) < 4.78 is 0. The molecule has 122 valence electrons. The smallest absolute Gasteiger partial charge is 0.225 e. The monoisotopic (exact) mass is 331 g/mol. The Morgan fingerprint density at radius 2 is 2.13 bits per heavy atom. The number of nitrogens with one attached hydrogen (secondary N) is 1. The lowest BCUT2D eigenvalue weighted by atomic mass is 9.99. The van der Waals surface area contributed by atoms with Crippen LogP contribution in [0.4, 0.5) is 5.95 Å². The van der Waals surface area contributed by atoms with Crippen LogP contribution in [0.3, 0.4) is 0 Å². The Balaban J connectivity index is 1.91. The van der Waals surface area contributed by atoms with Gasteiger partial charge in [0.15, 0.2) is 0 Å². The minimum Gasteiger partial charge on any atom is -0.343 e. The fraction of sp³-hybridized carbons (Fsp3) is 0.500. The third-order valence-electron chi connectivity index (χ3n) is 4.21. The molecule has 0 radical (unpaired) electrons. The molecule has 1 fully saturated rings. The minimum atomic E-state index is -0.451. The lowest BCUT2D eigenvalue weighted by Gasteiger charge is -2.28. The lowest BCUT2D eigenvalue weighted by Crippen LogP contribution is -2.47. The quantitative estimate of drug-likeness (QED) is 0.932. The van der Waals surface area contributed by atoms with Crippen molar-refractivity contribution in [2.75, 3.05) is 18.0 Å². The van der Waals surface area contributed by atoms with Crippen LogP contribution in [0, 0.1) is 20.8 Å². The third-order valence-corrected chi connectivity index (χ3v) is 5.37. The van der Waals surface area contributed by atoms with Gasteiger partial charge < -0.3 is 10.2 Å². The van der Waals surface area contributed by atoms with Gasteiger partial charge in [0.05, 0.1) is 6.54 Å². The average molecular weight is 331 g/mol. The summed E-state index contributed by atoms with van der Waals surface area (Å²) in [5, 5.41) is 6.10. The van der Waals surface area contributed by atoms with Gasteiger partial charge in [-0.05, 0) is 32.8 Å². The number of aryl methyl sites for hydroxylation is 3. The van der Waals surface area contributed by atoms with Gasteiger partial charge in [-0.2, -0.15) is 0 Å². The van der Waals surface area contributed by atoms with Gasteiger partial charge in [0, 0.05) is 36.4 Å². The van der Waals surface area contributed by atoms with Crippen LogP contribution < -0.4 is 10.2 Å². The van der Waals surface area contributed by atoms with E-state index in [1.165, 1.54) is 0 Å². The number of carbonyl (C=O) groups excluding carboxylic acids is 1. The SMILES string of the molecule is CC(=O)NC1(c2nc(C)cs2)CCN(c2ncc(C)c(C)n2)C1. The molecule has 1 unspecified atom stereocenters. The Morgan fingerprint density at radius 1 is 1.35 bits per heavy atom. The first kappa shape index (κ1) is 15.9. The number of hydrogen-bond acceptors (Lipinski definition) is 6. The number of rotatable bonds is 3. The fourth-order valence-electron chi connectivity index (χ4n) is 2.89. The zero-order valence-electron chi connectivity index (χ0n) is 13.9. The van der Waals surface area contributed by atoms with Crippen LogP contribution in [-0.4, -0.2) is 33.9 Å². The van der Waals surface area contributed by atoms with Crippen LogP contribution in [0.5, 0.6) is 0 Å². The molecule has 3 heterocycles. The predicted octanol–water partition coefficient (Wildman–Crippen LogP) is 2.10. The van der Waals surface area contributed by atoms with Crippen LogP contribution in [-0.2, 0) is 10.3 Å². The Morgan fingerprint density at radius 3 is 2.74 bits per heavy atom. The first-order chi connectivity index (χ1) is 10.9. The highest BCUT2D eigenvalue weighted by Crippen LogP contribution is 2.35. The molecule has 6 nitrogen and oxygen atoms in total. The van der Waals surface area contributed by atoms with Gasteiger partial charge in [-0.1, -0.05) is 0 Å². The van der Waals surface area contributed by atoms with E-state index in [2.05, 4.69) is 25.2 Å². The summed E-state index contributed by atoms with van der Waals surface area (Å²) in [5.41, 5.74) is 2.59. The van der Waals surface area contributed by atoms with Gasteiger partial charge in [-0.15, -0.1) is 11.3 Å². The molecule has 1 atom stereocenters. The highest BCUT2D eigenvalue weighted by Gasteiger charge is 2.43. The first-order valence-electron chi connectivity index (χ1n) is 7.66. The normalized spacial score (nSPS) is 20.8. The van der Waals surface area contributed by atoms with E-state index in [1.807, 2.05) is 32.3 Å². The fourth-order valence-corrected chi connectivity index (χ4v) is 3.86. The van der Waals surface area contributed by atoms with Gasteiger partial charge in [-0.3, -0.25) is 4.79 Å². The number of aromatic nitrogens is 3. The van der Waals surface area contributed by atoms with E-state index in [4.69, 9.17) is 0 Å². The van der Waals surface area contributed by atoms with Crippen LogP contribution in [0.2, 0.25) is 0 Å². The number of thiazole rings is 1. The first-order valence-corrected chi connectivity index (χ1v) is 8.54. The molecule has 1 amide bonds. The van der Waals surface area contributed by atoms with E-state index < -0.39 is 5.54 Å². The molecular weight excluding hydrogens is 310 g/mol. The van der Waals surface area contributed by atoms with E-state index >= 15 is 0 Å². The molecule has 0 bridgehead atoms. The van der Waals surface area contributed by atoms with Crippen LogP contribution in [0.15, 0.2) is 11.6 Å². The standard InChI is InChI=1S/C16H21N5OS/c1-10-7-17-15(19-12(10)3)21-6-5-16(9-21,20-13(4)22)14-18-11(2)8-23-14/h7-8H,5-6,9H2,1-4H3,(H,20,22). The van der Waals surface area contributed by atoms with E-state index in [1.54, 1.807) is 18.3 Å². The van der Waals surface area contributed by atoms with Gasteiger partial charge in [0.1, 0.15) is 10.5 Å². The van der Waals surface area contributed by atoms with Gasteiger partial charge in [-0.25, -0.2) is 15.0 Å². The topological polar surface area (TPSA) is 71.0 Å². The summed E-state index contributed by atoms with van der Waals surface area (Å²) in [4.78, 5) is 27.5. The summed E-state index contributed by atoms with van der Waals surface area (Å²) in [5.74, 6) is 0.675. The molecule has 0 aliphatic carbocycles. The zero-order chi connectivity index (χ0) is 16.6. The maximum absolute atomic E-state index is 11.7. The molecular formula is C16H21N5OS. The van der Waals surface area contributed by atoms with E-state index in [-0.39, 0.29) is 5.91 Å². The molecule has 1 aliphatic rings. The van der Waals surface area contributed by atoms with Crippen molar-refractivity contribution < 1.29 is 4.79 Å². The zero-order valence-corrected chi connectivity index (χ0v) is 14.7. The number of hydrogen-bond donors (Lipinski definition) is 1. The van der Waals surface area contributed by atoms with Gasteiger partial charge in [0.25, 0.3) is 0 Å². The Bertz CT molecular complexity index is 744.